The molecule has 0 saturated carbocycles. The Kier molecular flexibility index (Phi) is 5.88. The van der Waals surface area contributed by atoms with Crippen molar-refractivity contribution in [1.29, 1.82) is 0 Å². The van der Waals surface area contributed by atoms with Crippen LogP contribution in [0.5, 0.6) is 5.75 Å². The Morgan fingerprint density at radius 1 is 1.15 bits per heavy atom. The molecule has 0 fully saturated rings. The summed E-state index contributed by atoms with van der Waals surface area (Å²) in [7, 11) is 0. The van der Waals surface area contributed by atoms with Crippen LogP contribution < -0.4 is 20.6 Å². The number of para-hydroxylation sites is 1. The molecule has 0 radical (unpaired) electrons. The summed E-state index contributed by atoms with van der Waals surface area (Å²) in [5.74, 6) is 1.20. The van der Waals surface area contributed by atoms with Crippen molar-refractivity contribution in [3.63, 3.8) is 0 Å². The molecule has 0 aliphatic carbocycles. The SMILES string of the molecule is C=CCSC1=NN2C(=c3ccccc3=N[C@H]2c2c(OCCC)ccc3ccccc23)C(=O)N1. The number of thioether (sulfide) groups is 1. The van der Waals surface area contributed by atoms with Crippen molar-refractivity contribution in [3.8, 4) is 5.75 Å². The number of carbonyl (C=O) groups excluding carboxylic acids is 1. The number of hydrogen-bond donors (Lipinski definition) is 1. The molecule has 0 saturated heterocycles. The van der Waals surface area contributed by atoms with Gasteiger partial charge in [-0.15, -0.1) is 11.7 Å². The highest BCUT2D eigenvalue weighted by atomic mass is 32.2. The lowest BCUT2D eigenvalue weighted by Gasteiger charge is -2.35. The molecule has 7 heteroatoms. The zero-order valence-electron chi connectivity index (χ0n) is 18.3. The van der Waals surface area contributed by atoms with E-state index in [1.54, 1.807) is 11.1 Å². The van der Waals surface area contributed by atoms with Crippen molar-refractivity contribution >= 4 is 39.3 Å². The van der Waals surface area contributed by atoms with Gasteiger partial charge in [-0.1, -0.05) is 73.3 Å². The molecule has 0 spiro atoms. The number of rotatable bonds is 6. The number of nitrogens with one attached hydrogen (secondary N) is 1. The fraction of sp³-hybridized carbons (Fsp3) is 0.192. The molecular weight excluding hydrogens is 432 g/mol. The quantitative estimate of drug-likeness (QED) is 0.575. The third kappa shape index (κ3) is 3.89. The minimum absolute atomic E-state index is 0.194. The Morgan fingerprint density at radius 2 is 1.97 bits per heavy atom. The van der Waals surface area contributed by atoms with Crippen LogP contribution in [0, 0.1) is 0 Å². The van der Waals surface area contributed by atoms with Gasteiger partial charge in [-0.25, -0.2) is 5.01 Å². The second kappa shape index (κ2) is 9.11. The highest BCUT2D eigenvalue weighted by molar-refractivity contribution is 8.14. The minimum atomic E-state index is -0.543. The molecule has 0 aromatic heterocycles. The number of amides is 1. The molecule has 166 valence electrons. The van der Waals surface area contributed by atoms with Gasteiger partial charge in [-0.3, -0.25) is 15.1 Å². The normalized spacial score (nSPS) is 16.9. The van der Waals surface area contributed by atoms with E-state index in [9.17, 15) is 4.79 Å². The highest BCUT2D eigenvalue weighted by Crippen LogP contribution is 2.40. The Labute approximate surface area is 196 Å². The van der Waals surface area contributed by atoms with Crippen molar-refractivity contribution in [2.45, 2.75) is 19.5 Å². The zero-order valence-corrected chi connectivity index (χ0v) is 19.1. The molecule has 2 heterocycles. The van der Waals surface area contributed by atoms with Crippen molar-refractivity contribution in [3.05, 3.63) is 89.5 Å². The summed E-state index contributed by atoms with van der Waals surface area (Å²) in [6.07, 6.45) is 2.13. The first-order chi connectivity index (χ1) is 16.2. The second-order valence-electron chi connectivity index (χ2n) is 7.72. The Balaban J connectivity index is 1.78. The van der Waals surface area contributed by atoms with Gasteiger partial charge >= 0.3 is 0 Å². The smallest absolute Gasteiger partial charge is 0.276 e. The molecule has 3 aromatic carbocycles. The predicted molar refractivity (Wildman–Crippen MR) is 133 cm³/mol. The lowest BCUT2D eigenvalue weighted by Crippen LogP contribution is -2.50. The number of hydrogen-bond acceptors (Lipinski definition) is 6. The van der Waals surface area contributed by atoms with E-state index < -0.39 is 6.17 Å². The van der Waals surface area contributed by atoms with Crippen LogP contribution in [-0.4, -0.2) is 28.4 Å². The molecule has 5 rings (SSSR count). The molecule has 0 unspecified atom stereocenters. The number of hydrazone groups is 1. The predicted octanol–water partition coefficient (Wildman–Crippen LogP) is 3.69. The van der Waals surface area contributed by atoms with Gasteiger partial charge < -0.3 is 4.74 Å². The minimum Gasteiger partial charge on any atom is -0.493 e. The maximum absolute atomic E-state index is 13.3. The van der Waals surface area contributed by atoms with Crippen LogP contribution in [0.15, 0.2) is 83.4 Å². The second-order valence-corrected chi connectivity index (χ2v) is 8.73. The van der Waals surface area contributed by atoms with Gasteiger partial charge in [0.05, 0.1) is 12.0 Å². The summed E-state index contributed by atoms with van der Waals surface area (Å²) in [4.78, 5) is 18.4. The van der Waals surface area contributed by atoms with Crippen LogP contribution in [0.2, 0.25) is 0 Å². The van der Waals surface area contributed by atoms with Crippen LogP contribution in [0.1, 0.15) is 25.1 Å². The van der Waals surface area contributed by atoms with Gasteiger partial charge in [-0.05, 0) is 29.3 Å². The van der Waals surface area contributed by atoms with Crippen molar-refractivity contribution in [1.82, 2.24) is 10.3 Å². The summed E-state index contributed by atoms with van der Waals surface area (Å²) in [5.41, 5.74) is 1.39. The van der Waals surface area contributed by atoms with E-state index in [1.165, 1.54) is 11.8 Å². The average Bonchev–Trinajstić information content (AvgIpc) is 2.85. The molecule has 2 aliphatic heterocycles. The molecule has 1 N–H and O–H groups in total. The van der Waals surface area contributed by atoms with Crippen LogP contribution >= 0.6 is 11.8 Å². The Bertz CT molecular complexity index is 1400. The third-order valence-corrected chi connectivity index (χ3v) is 6.36. The number of benzene rings is 3. The lowest BCUT2D eigenvalue weighted by atomic mass is 9.99. The number of ether oxygens (including phenoxy) is 1. The zero-order chi connectivity index (χ0) is 22.8. The van der Waals surface area contributed by atoms with E-state index in [0.717, 1.165) is 39.1 Å². The van der Waals surface area contributed by atoms with Crippen molar-refractivity contribution in [2.75, 3.05) is 12.4 Å². The molecule has 33 heavy (non-hydrogen) atoms. The topological polar surface area (TPSA) is 66.3 Å². The summed E-state index contributed by atoms with van der Waals surface area (Å²) < 4.78 is 6.17. The van der Waals surface area contributed by atoms with E-state index in [2.05, 4.69) is 37.0 Å². The summed E-state index contributed by atoms with van der Waals surface area (Å²) in [5, 5.41) is 13.7. The lowest BCUT2D eigenvalue weighted by molar-refractivity contribution is -0.116. The molecule has 3 aromatic rings. The largest absolute Gasteiger partial charge is 0.493 e. The maximum Gasteiger partial charge on any atom is 0.276 e. The first-order valence-electron chi connectivity index (χ1n) is 11.0. The monoisotopic (exact) mass is 456 g/mol. The highest BCUT2D eigenvalue weighted by Gasteiger charge is 2.36. The third-order valence-electron chi connectivity index (χ3n) is 5.50. The van der Waals surface area contributed by atoms with Crippen molar-refractivity contribution < 1.29 is 9.53 Å². The van der Waals surface area contributed by atoms with E-state index in [-0.39, 0.29) is 5.91 Å². The fourth-order valence-electron chi connectivity index (χ4n) is 4.10. The number of amidine groups is 1. The van der Waals surface area contributed by atoms with Gasteiger partial charge in [0, 0.05) is 16.5 Å². The fourth-order valence-corrected chi connectivity index (χ4v) is 4.68. The molecule has 0 bridgehead atoms. The van der Waals surface area contributed by atoms with Gasteiger partial charge in [0.15, 0.2) is 11.3 Å². The van der Waals surface area contributed by atoms with Gasteiger partial charge in [-0.2, -0.15) is 0 Å². The standard InChI is InChI=1S/C26H24N4O2S/c1-3-15-32-21-14-13-17-9-5-6-10-18(17)22(21)24-27-20-12-8-7-11-19(20)23-25(31)28-26(29-30(23)24)33-16-4-2/h4-14,24H,2-3,15-16H2,1H3,(H,28,29,31)/t24-/m1/s1. The molecular formula is C26H24N4O2S. The Hall–Kier alpha value is -3.58. The van der Waals surface area contributed by atoms with Gasteiger partial charge in [0.1, 0.15) is 11.4 Å². The van der Waals surface area contributed by atoms with Crippen LogP contribution in [0.25, 0.3) is 16.5 Å². The van der Waals surface area contributed by atoms with E-state index >= 15 is 0 Å². The average molecular weight is 457 g/mol. The van der Waals surface area contributed by atoms with Gasteiger partial charge in [0.2, 0.25) is 0 Å². The van der Waals surface area contributed by atoms with Crippen LogP contribution in [0.4, 0.5) is 0 Å². The summed E-state index contributed by atoms with van der Waals surface area (Å²) in [6, 6.07) is 19.9. The molecule has 1 amide bonds. The first kappa shape index (κ1) is 21.3. The van der Waals surface area contributed by atoms with E-state index in [0.29, 0.717) is 23.2 Å². The Morgan fingerprint density at radius 3 is 2.82 bits per heavy atom. The first-order valence-corrected chi connectivity index (χ1v) is 11.9. The molecule has 1 atom stereocenters. The molecule has 6 nitrogen and oxygen atoms in total. The van der Waals surface area contributed by atoms with Crippen LogP contribution in [-0.2, 0) is 4.79 Å². The number of fused-ring (bicyclic) bond motifs is 3. The van der Waals surface area contributed by atoms with Crippen molar-refractivity contribution in [2.24, 2.45) is 10.1 Å². The number of nitrogens with zero attached hydrogens (tertiary/aromatic N) is 3. The summed E-state index contributed by atoms with van der Waals surface area (Å²) >= 11 is 1.43. The maximum atomic E-state index is 13.3. The summed E-state index contributed by atoms with van der Waals surface area (Å²) in [6.45, 7) is 6.44. The van der Waals surface area contributed by atoms with Gasteiger partial charge in [0.25, 0.3) is 5.91 Å². The number of carbonyl (C=O) groups is 1. The molecule has 2 aliphatic rings. The van der Waals surface area contributed by atoms with E-state index in [4.69, 9.17) is 14.8 Å². The van der Waals surface area contributed by atoms with Crippen LogP contribution in [0.3, 0.4) is 0 Å². The van der Waals surface area contributed by atoms with E-state index in [1.807, 2.05) is 42.5 Å².